The van der Waals surface area contributed by atoms with Crippen LogP contribution in [-0.2, 0) is 14.3 Å². The van der Waals surface area contributed by atoms with E-state index in [0.29, 0.717) is 17.3 Å². The summed E-state index contributed by atoms with van der Waals surface area (Å²) in [4.78, 5) is 12.1. The third kappa shape index (κ3) is 3.36. The second-order valence-corrected chi connectivity index (χ2v) is 10.7. The molecule has 1 heterocycles. The van der Waals surface area contributed by atoms with Gasteiger partial charge in [0, 0.05) is 5.92 Å². The fourth-order valence-electron chi connectivity index (χ4n) is 6.40. The van der Waals surface area contributed by atoms with Gasteiger partial charge in [-0.05, 0) is 41.4 Å². The van der Waals surface area contributed by atoms with Crippen molar-refractivity contribution in [3.8, 4) is 0 Å². The lowest BCUT2D eigenvalue weighted by Crippen LogP contribution is -2.46. The molecule has 3 nitrogen and oxygen atoms in total. The molecule has 0 aromatic heterocycles. The topological polar surface area (TPSA) is 35.5 Å². The van der Waals surface area contributed by atoms with Gasteiger partial charge < -0.3 is 9.47 Å². The summed E-state index contributed by atoms with van der Waals surface area (Å²) < 4.78 is 12.4. The zero-order valence-corrected chi connectivity index (χ0v) is 18.8. The highest BCUT2D eigenvalue weighted by Crippen LogP contribution is 2.57. The van der Waals surface area contributed by atoms with E-state index in [1.54, 1.807) is 0 Å². The molecule has 3 rings (SSSR count). The van der Waals surface area contributed by atoms with E-state index in [2.05, 4.69) is 48.5 Å². The van der Waals surface area contributed by atoms with Crippen LogP contribution in [0.15, 0.2) is 0 Å². The van der Waals surface area contributed by atoms with Crippen molar-refractivity contribution in [1.82, 2.24) is 0 Å². The van der Waals surface area contributed by atoms with Crippen LogP contribution in [0.4, 0.5) is 0 Å². The van der Waals surface area contributed by atoms with Crippen molar-refractivity contribution in [1.29, 1.82) is 0 Å². The molecule has 0 N–H and O–H groups in total. The Bertz CT molecular complexity index is 548. The molecule has 6 unspecified atom stereocenters. The zero-order valence-electron chi connectivity index (χ0n) is 18.8. The minimum Gasteiger partial charge on any atom is -0.459 e. The summed E-state index contributed by atoms with van der Waals surface area (Å²) in [5.74, 6) is 1.17. The van der Waals surface area contributed by atoms with Crippen molar-refractivity contribution in [3.05, 3.63) is 0 Å². The molecule has 0 spiro atoms. The van der Waals surface area contributed by atoms with Crippen LogP contribution in [0.25, 0.3) is 0 Å². The van der Waals surface area contributed by atoms with Gasteiger partial charge in [-0.3, -0.25) is 4.79 Å². The van der Waals surface area contributed by atoms with Crippen molar-refractivity contribution >= 4 is 5.97 Å². The number of esters is 1. The third-order valence-electron chi connectivity index (χ3n) is 9.55. The molecular formula is C24H42O3. The molecular weight excluding hydrogens is 336 g/mol. The molecule has 2 aliphatic carbocycles. The highest BCUT2D eigenvalue weighted by Gasteiger charge is 2.62. The lowest BCUT2D eigenvalue weighted by molar-refractivity contribution is -0.152. The Morgan fingerprint density at radius 2 is 1.59 bits per heavy atom. The van der Waals surface area contributed by atoms with Crippen LogP contribution in [0.2, 0.25) is 0 Å². The predicted molar refractivity (Wildman–Crippen MR) is 109 cm³/mol. The smallest absolute Gasteiger partial charge is 0.309 e. The number of carbonyl (C=O) groups is 1. The van der Waals surface area contributed by atoms with Crippen molar-refractivity contribution < 1.29 is 14.3 Å². The Balaban J connectivity index is 1.77. The number of carbonyl (C=O) groups excluding carboxylic acids is 1. The lowest BCUT2D eigenvalue weighted by atomic mass is 9.56. The van der Waals surface area contributed by atoms with Crippen LogP contribution < -0.4 is 0 Å². The fourth-order valence-corrected chi connectivity index (χ4v) is 6.40. The molecule has 27 heavy (non-hydrogen) atoms. The van der Waals surface area contributed by atoms with Gasteiger partial charge in [0.15, 0.2) is 0 Å². The lowest BCUT2D eigenvalue weighted by Gasteiger charge is -2.51. The van der Waals surface area contributed by atoms with Gasteiger partial charge in [0.25, 0.3) is 0 Å². The highest BCUT2D eigenvalue weighted by atomic mass is 16.6. The monoisotopic (exact) mass is 378 g/mol. The maximum Gasteiger partial charge on any atom is 0.309 e. The van der Waals surface area contributed by atoms with Crippen LogP contribution in [0, 0.1) is 34.0 Å². The van der Waals surface area contributed by atoms with Crippen LogP contribution in [-0.4, -0.2) is 24.8 Å². The quantitative estimate of drug-likeness (QED) is 0.437. The first-order valence-corrected chi connectivity index (χ1v) is 11.5. The summed E-state index contributed by atoms with van der Waals surface area (Å²) in [7, 11) is 0. The minimum absolute atomic E-state index is 0.0312. The number of rotatable bonds is 10. The maximum atomic E-state index is 12.1. The van der Waals surface area contributed by atoms with E-state index in [-0.39, 0.29) is 34.9 Å². The van der Waals surface area contributed by atoms with Crippen molar-refractivity contribution in [2.45, 2.75) is 106 Å². The fraction of sp³-hybridized carbons (Fsp3) is 0.958. The largest absolute Gasteiger partial charge is 0.459 e. The second kappa shape index (κ2) is 7.35. The number of hydrogen-bond donors (Lipinski definition) is 0. The summed E-state index contributed by atoms with van der Waals surface area (Å²) in [5.41, 5.74) is 0.732. The first-order valence-electron chi connectivity index (χ1n) is 11.5. The van der Waals surface area contributed by atoms with Crippen LogP contribution in [0.5, 0.6) is 0 Å². The Morgan fingerprint density at radius 1 is 0.963 bits per heavy atom. The second-order valence-electron chi connectivity index (χ2n) is 10.7. The first kappa shape index (κ1) is 21.1. The Morgan fingerprint density at radius 3 is 2.15 bits per heavy atom. The molecule has 3 heteroatoms. The minimum atomic E-state index is 0.0312. The molecule has 3 aliphatic rings. The number of fused-ring (bicyclic) bond motifs is 1. The van der Waals surface area contributed by atoms with Crippen molar-refractivity contribution in [3.63, 3.8) is 0 Å². The van der Waals surface area contributed by atoms with E-state index in [4.69, 9.17) is 9.47 Å². The van der Waals surface area contributed by atoms with Crippen molar-refractivity contribution in [2.24, 2.45) is 34.0 Å². The van der Waals surface area contributed by atoms with Gasteiger partial charge in [-0.25, -0.2) is 0 Å². The van der Waals surface area contributed by atoms with Crippen LogP contribution in [0.3, 0.4) is 0 Å². The summed E-state index contributed by atoms with van der Waals surface area (Å²) in [5, 5.41) is 0. The third-order valence-corrected chi connectivity index (χ3v) is 9.55. The number of ether oxygens (including phenoxy) is 2. The Labute approximate surface area is 167 Å². The molecule has 1 aliphatic heterocycles. The summed E-state index contributed by atoms with van der Waals surface area (Å²) in [6.07, 6.45) is 8.23. The van der Waals surface area contributed by atoms with E-state index in [0.717, 1.165) is 19.4 Å². The highest BCUT2D eigenvalue weighted by molar-refractivity contribution is 5.76. The molecule has 2 saturated carbocycles. The average molecular weight is 379 g/mol. The molecule has 1 saturated heterocycles. The molecule has 156 valence electrons. The van der Waals surface area contributed by atoms with E-state index in [9.17, 15) is 4.79 Å². The van der Waals surface area contributed by atoms with Gasteiger partial charge in [0.2, 0.25) is 0 Å². The van der Waals surface area contributed by atoms with Crippen molar-refractivity contribution in [2.75, 3.05) is 6.61 Å². The van der Waals surface area contributed by atoms with Gasteiger partial charge in [0.1, 0.15) is 6.10 Å². The Kier molecular flexibility index (Phi) is 5.76. The van der Waals surface area contributed by atoms with E-state index < -0.39 is 0 Å². The molecule has 3 fully saturated rings. The first-order chi connectivity index (χ1) is 12.7. The van der Waals surface area contributed by atoms with Gasteiger partial charge in [-0.15, -0.1) is 0 Å². The SMILES string of the molecule is CCC(C)(CC)CC(C)(COC1C2CC3C(=O)OC1C3C2)C(C)(CC)CC. The molecule has 0 aromatic carbocycles. The van der Waals surface area contributed by atoms with E-state index in [1.165, 1.54) is 32.1 Å². The van der Waals surface area contributed by atoms with E-state index in [1.807, 2.05) is 0 Å². The Hall–Kier alpha value is -0.570. The summed E-state index contributed by atoms with van der Waals surface area (Å²) >= 11 is 0. The summed E-state index contributed by atoms with van der Waals surface area (Å²) in [6, 6.07) is 0. The van der Waals surface area contributed by atoms with Gasteiger partial charge >= 0.3 is 5.97 Å². The number of hydrogen-bond acceptors (Lipinski definition) is 3. The average Bonchev–Trinajstić information content (AvgIpc) is 3.29. The zero-order chi connectivity index (χ0) is 20.0. The van der Waals surface area contributed by atoms with Crippen LogP contribution >= 0.6 is 0 Å². The molecule has 6 atom stereocenters. The summed E-state index contributed by atoms with van der Waals surface area (Å²) in [6.45, 7) is 17.5. The molecule has 0 amide bonds. The van der Waals surface area contributed by atoms with Gasteiger partial charge in [0.05, 0.1) is 18.6 Å². The molecule has 2 bridgehead atoms. The van der Waals surface area contributed by atoms with Gasteiger partial charge in [-0.2, -0.15) is 0 Å². The normalized spacial score (nSPS) is 34.8. The maximum absolute atomic E-state index is 12.1. The standard InChI is InChI=1S/C24H42O3/c1-8-22(5,9-2)14-24(7,23(6,10-3)11-4)15-26-19-16-12-17-18(13-16)21(25)27-20(17)19/h16-20H,8-15H2,1-7H3. The predicted octanol–water partition coefficient (Wildman–Crippen LogP) is 6.00. The van der Waals surface area contributed by atoms with E-state index >= 15 is 0 Å². The molecule has 0 radical (unpaired) electrons. The van der Waals surface area contributed by atoms with Crippen LogP contribution in [0.1, 0.15) is 93.4 Å². The molecule has 0 aromatic rings. The van der Waals surface area contributed by atoms with Gasteiger partial charge in [-0.1, -0.05) is 74.1 Å².